The minimum absolute atomic E-state index is 0.202. The van der Waals surface area contributed by atoms with Crippen LogP contribution in [-0.2, 0) is 6.54 Å². The molecule has 162 valence electrons. The molecule has 6 nitrogen and oxygen atoms in total. The number of hydrogen-bond acceptors (Lipinski definition) is 5. The predicted octanol–water partition coefficient (Wildman–Crippen LogP) is 3.74. The normalized spacial score (nSPS) is 25.9. The van der Waals surface area contributed by atoms with Gasteiger partial charge in [0, 0.05) is 25.2 Å². The molecule has 3 aromatic rings. The summed E-state index contributed by atoms with van der Waals surface area (Å²) < 4.78 is 11.6. The molecule has 1 aromatic heterocycles. The Morgan fingerprint density at radius 2 is 1.71 bits per heavy atom. The van der Waals surface area contributed by atoms with Gasteiger partial charge >= 0.3 is 0 Å². The molecule has 0 bridgehead atoms. The summed E-state index contributed by atoms with van der Waals surface area (Å²) in [6.45, 7) is 2.88. The van der Waals surface area contributed by atoms with E-state index in [9.17, 15) is 5.11 Å². The zero-order chi connectivity index (χ0) is 21.2. The Morgan fingerprint density at radius 3 is 2.48 bits per heavy atom. The molecule has 1 saturated carbocycles. The summed E-state index contributed by atoms with van der Waals surface area (Å²) in [5, 5.41) is 18.2. The minimum atomic E-state index is -0.458. The Balaban J connectivity index is 1.25. The summed E-state index contributed by atoms with van der Waals surface area (Å²) in [7, 11) is 1.64. The van der Waals surface area contributed by atoms with E-state index < -0.39 is 6.10 Å². The number of fused-ring (bicyclic) bond motifs is 1. The molecule has 2 N–H and O–H groups in total. The lowest BCUT2D eigenvalue weighted by molar-refractivity contribution is -0.0240. The molecule has 2 aromatic carbocycles. The van der Waals surface area contributed by atoms with Gasteiger partial charge in [0.05, 0.1) is 25.1 Å². The minimum Gasteiger partial charge on any atom is -0.493 e. The zero-order valence-electron chi connectivity index (χ0n) is 17.8. The van der Waals surface area contributed by atoms with Gasteiger partial charge in [0.15, 0.2) is 11.5 Å². The monoisotopic (exact) mass is 419 g/mol. The number of hydrogen-bond donors (Lipinski definition) is 2. The average molecular weight is 420 g/mol. The third-order valence-electron chi connectivity index (χ3n) is 6.68. The third-order valence-corrected chi connectivity index (χ3v) is 6.68. The van der Waals surface area contributed by atoms with Gasteiger partial charge in [-0.05, 0) is 42.4 Å². The fourth-order valence-corrected chi connectivity index (χ4v) is 5.15. The Kier molecular flexibility index (Phi) is 5.66. The second-order valence-electron chi connectivity index (χ2n) is 8.70. The van der Waals surface area contributed by atoms with E-state index in [4.69, 9.17) is 9.47 Å². The van der Waals surface area contributed by atoms with Gasteiger partial charge in [-0.1, -0.05) is 42.5 Å². The standard InChI is InChI=1S/C25H29N3O3/c1-30-22-9-5-6-10-23(22)31-24-12-19-15-28(14-18(19)11-21(24)29)16-20-13-26-27-25(20)17-7-3-2-4-8-17/h2-10,13,18-19,21,24,29H,11-12,14-16H2,1H3,(H,26,27)/t18-,19+,21+,24+/m0/s1. The maximum atomic E-state index is 10.8. The van der Waals surface area contributed by atoms with Crippen LogP contribution in [0.3, 0.4) is 0 Å². The number of methoxy groups -OCH3 is 1. The largest absolute Gasteiger partial charge is 0.493 e. The number of aromatic nitrogens is 2. The number of aliphatic hydroxyl groups excluding tert-OH is 1. The van der Waals surface area contributed by atoms with E-state index in [1.54, 1.807) is 7.11 Å². The molecular formula is C25H29N3O3. The smallest absolute Gasteiger partial charge is 0.161 e. The number of H-pyrrole nitrogens is 1. The quantitative estimate of drug-likeness (QED) is 0.637. The number of rotatable bonds is 6. The number of aliphatic hydroxyl groups is 1. The predicted molar refractivity (Wildman–Crippen MR) is 119 cm³/mol. The van der Waals surface area contributed by atoms with Crippen LogP contribution in [0.4, 0.5) is 0 Å². The molecule has 5 rings (SSSR count). The zero-order valence-corrected chi connectivity index (χ0v) is 17.8. The molecule has 6 heteroatoms. The van der Waals surface area contributed by atoms with Gasteiger partial charge in [-0.2, -0.15) is 5.10 Å². The molecule has 1 aliphatic heterocycles. The Labute approximate surface area is 182 Å². The number of nitrogens with one attached hydrogen (secondary N) is 1. The summed E-state index contributed by atoms with van der Waals surface area (Å²) >= 11 is 0. The van der Waals surface area contributed by atoms with Crippen molar-refractivity contribution in [1.82, 2.24) is 15.1 Å². The van der Waals surface area contributed by atoms with E-state index in [-0.39, 0.29) is 6.10 Å². The van der Waals surface area contributed by atoms with E-state index in [1.165, 1.54) is 5.56 Å². The molecular weight excluding hydrogens is 390 g/mol. The van der Waals surface area contributed by atoms with Gasteiger partial charge in [-0.15, -0.1) is 0 Å². The van der Waals surface area contributed by atoms with Crippen LogP contribution in [0.2, 0.25) is 0 Å². The van der Waals surface area contributed by atoms with Crippen LogP contribution in [0.5, 0.6) is 11.5 Å². The lowest BCUT2D eigenvalue weighted by Gasteiger charge is -2.35. The maximum absolute atomic E-state index is 10.8. The fourth-order valence-electron chi connectivity index (χ4n) is 5.15. The van der Waals surface area contributed by atoms with E-state index in [1.807, 2.05) is 48.7 Å². The summed E-state index contributed by atoms with van der Waals surface area (Å²) in [5.41, 5.74) is 3.47. The fraction of sp³-hybridized carbons (Fsp3) is 0.400. The highest BCUT2D eigenvalue weighted by Crippen LogP contribution is 2.40. The highest BCUT2D eigenvalue weighted by Gasteiger charge is 2.43. The van der Waals surface area contributed by atoms with Gasteiger partial charge < -0.3 is 14.6 Å². The first kappa shape index (κ1) is 20.1. The molecule has 1 saturated heterocycles. The molecule has 0 spiro atoms. The van der Waals surface area contributed by atoms with Crippen LogP contribution >= 0.6 is 0 Å². The van der Waals surface area contributed by atoms with Crippen LogP contribution in [0.1, 0.15) is 18.4 Å². The van der Waals surface area contributed by atoms with Crippen LogP contribution in [0.25, 0.3) is 11.3 Å². The first-order valence-corrected chi connectivity index (χ1v) is 11.0. The van der Waals surface area contributed by atoms with Crippen LogP contribution in [0.15, 0.2) is 60.8 Å². The van der Waals surface area contributed by atoms with E-state index in [2.05, 4.69) is 27.2 Å². The summed E-state index contributed by atoms with van der Waals surface area (Å²) in [4.78, 5) is 2.49. The third kappa shape index (κ3) is 4.18. The Bertz CT molecular complexity index is 1010. The van der Waals surface area contributed by atoms with Crippen molar-refractivity contribution in [2.75, 3.05) is 20.2 Å². The van der Waals surface area contributed by atoms with Crippen molar-refractivity contribution in [1.29, 1.82) is 0 Å². The molecule has 0 radical (unpaired) electrons. The Morgan fingerprint density at radius 1 is 1.00 bits per heavy atom. The van der Waals surface area contributed by atoms with Crippen molar-refractivity contribution in [3.05, 3.63) is 66.4 Å². The molecule has 31 heavy (non-hydrogen) atoms. The van der Waals surface area contributed by atoms with Gasteiger partial charge in [0.25, 0.3) is 0 Å². The van der Waals surface area contributed by atoms with Crippen molar-refractivity contribution in [3.63, 3.8) is 0 Å². The number of aromatic amines is 1. The van der Waals surface area contributed by atoms with Crippen molar-refractivity contribution >= 4 is 0 Å². The van der Waals surface area contributed by atoms with Crippen molar-refractivity contribution in [3.8, 4) is 22.8 Å². The van der Waals surface area contributed by atoms with Gasteiger partial charge in [-0.25, -0.2) is 0 Å². The molecule has 0 amide bonds. The van der Waals surface area contributed by atoms with Crippen LogP contribution < -0.4 is 9.47 Å². The second-order valence-corrected chi connectivity index (χ2v) is 8.70. The second kappa shape index (κ2) is 8.73. The topological polar surface area (TPSA) is 70.6 Å². The van der Waals surface area contributed by atoms with Gasteiger partial charge in [-0.3, -0.25) is 10.00 Å². The molecule has 0 unspecified atom stereocenters. The molecule has 2 fully saturated rings. The van der Waals surface area contributed by atoms with Gasteiger partial charge in [0.2, 0.25) is 0 Å². The molecule has 2 aliphatic rings. The number of benzene rings is 2. The average Bonchev–Trinajstić information content (AvgIpc) is 3.41. The van der Waals surface area contributed by atoms with E-state index >= 15 is 0 Å². The summed E-state index contributed by atoms with van der Waals surface area (Å²) in [6, 6.07) is 18.0. The highest BCUT2D eigenvalue weighted by molar-refractivity contribution is 5.62. The van der Waals surface area contributed by atoms with E-state index in [0.717, 1.165) is 43.7 Å². The molecule has 2 heterocycles. The van der Waals surface area contributed by atoms with Crippen LogP contribution in [0, 0.1) is 11.8 Å². The first-order chi connectivity index (χ1) is 15.2. The lowest BCUT2D eigenvalue weighted by atomic mass is 9.78. The van der Waals surface area contributed by atoms with Gasteiger partial charge in [0.1, 0.15) is 6.10 Å². The van der Waals surface area contributed by atoms with Crippen LogP contribution in [-0.4, -0.2) is 52.6 Å². The number of nitrogens with zero attached hydrogens (tertiary/aromatic N) is 2. The number of ether oxygens (including phenoxy) is 2. The van der Waals surface area contributed by atoms with Crippen molar-refractivity contribution in [2.24, 2.45) is 11.8 Å². The molecule has 1 aliphatic carbocycles. The summed E-state index contributed by atoms with van der Waals surface area (Å²) in [5.74, 6) is 2.43. The highest BCUT2D eigenvalue weighted by atomic mass is 16.5. The first-order valence-electron chi connectivity index (χ1n) is 11.0. The van der Waals surface area contributed by atoms with Crippen molar-refractivity contribution < 1.29 is 14.6 Å². The summed E-state index contributed by atoms with van der Waals surface area (Å²) in [6.07, 6.45) is 2.91. The Hall–Kier alpha value is -2.83. The maximum Gasteiger partial charge on any atom is 0.161 e. The van der Waals surface area contributed by atoms with Crippen molar-refractivity contribution in [2.45, 2.75) is 31.6 Å². The lowest BCUT2D eigenvalue weighted by Crippen LogP contribution is -2.42. The SMILES string of the molecule is COc1ccccc1O[C@@H]1C[C@@H]2CN(Cc3cn[nH]c3-c3ccccc3)C[C@@H]2C[C@H]1O. The number of para-hydroxylation sites is 2. The molecule has 4 atom stereocenters. The van der Waals surface area contributed by atoms with E-state index in [0.29, 0.717) is 23.3 Å². The number of likely N-dealkylation sites (tertiary alicyclic amines) is 1.